The highest BCUT2D eigenvalue weighted by Crippen LogP contribution is 2.50. The number of hydrogen-bond acceptors (Lipinski definition) is 2. The molecule has 0 bridgehead atoms. The van der Waals surface area contributed by atoms with Gasteiger partial charge in [0.25, 0.3) is 5.91 Å². The summed E-state index contributed by atoms with van der Waals surface area (Å²) in [7, 11) is 0. The number of para-hydroxylation sites is 1. The van der Waals surface area contributed by atoms with Crippen molar-refractivity contribution in [2.75, 3.05) is 11.9 Å². The predicted octanol–water partition coefficient (Wildman–Crippen LogP) is 4.47. The minimum Gasteiger partial charge on any atom is -0.352 e. The van der Waals surface area contributed by atoms with Gasteiger partial charge in [-0.3, -0.25) is 9.59 Å². The number of hydrogen-bond donors (Lipinski definition) is 2. The van der Waals surface area contributed by atoms with Crippen molar-refractivity contribution in [1.82, 2.24) is 5.32 Å². The maximum Gasteiger partial charge on any atom is 0.253 e. The van der Waals surface area contributed by atoms with Gasteiger partial charge >= 0.3 is 0 Å². The first-order chi connectivity index (χ1) is 12.5. The number of carbonyl (C=O) groups excluding carboxylic acids is 2. The van der Waals surface area contributed by atoms with Gasteiger partial charge in [0.1, 0.15) is 0 Å². The summed E-state index contributed by atoms with van der Waals surface area (Å²) in [5, 5.41) is 6.50. The lowest BCUT2D eigenvalue weighted by atomic mass is 10.1. The van der Waals surface area contributed by atoms with Gasteiger partial charge in [-0.1, -0.05) is 55.8 Å². The van der Waals surface area contributed by atoms with E-state index in [2.05, 4.69) is 10.6 Å². The standard InChI is InChI=1S/C21H23ClN2O2/c1-13(2)12-23-20(25)15-8-4-6-10-19(15)24-21(26)17-11-16(17)14-7-3-5-9-18(14)22/h3-10,13,16-17H,11-12H2,1-2H3,(H,23,25)(H,24,26). The molecule has 1 saturated carbocycles. The first kappa shape index (κ1) is 18.5. The number of amides is 2. The Morgan fingerprint density at radius 3 is 2.54 bits per heavy atom. The molecule has 2 unspecified atom stereocenters. The monoisotopic (exact) mass is 370 g/mol. The maximum absolute atomic E-state index is 12.6. The van der Waals surface area contributed by atoms with Gasteiger partial charge in [0, 0.05) is 17.5 Å². The van der Waals surface area contributed by atoms with E-state index >= 15 is 0 Å². The molecule has 0 spiro atoms. The van der Waals surface area contributed by atoms with Crippen LogP contribution in [0.3, 0.4) is 0 Å². The normalized spacial score (nSPS) is 18.5. The predicted molar refractivity (Wildman–Crippen MR) is 105 cm³/mol. The Labute approximate surface area is 158 Å². The zero-order valence-corrected chi connectivity index (χ0v) is 15.7. The van der Waals surface area contributed by atoms with Crippen LogP contribution in [0.4, 0.5) is 5.69 Å². The van der Waals surface area contributed by atoms with Crippen molar-refractivity contribution in [2.45, 2.75) is 26.2 Å². The SMILES string of the molecule is CC(C)CNC(=O)c1ccccc1NC(=O)C1CC1c1ccccc1Cl. The minimum absolute atomic E-state index is 0.0703. The Morgan fingerprint density at radius 1 is 1.12 bits per heavy atom. The molecule has 0 aliphatic heterocycles. The molecule has 136 valence electrons. The number of rotatable bonds is 6. The van der Waals surface area contributed by atoms with Gasteiger partial charge in [-0.25, -0.2) is 0 Å². The molecule has 2 atom stereocenters. The van der Waals surface area contributed by atoms with Crippen LogP contribution < -0.4 is 10.6 Å². The Bertz CT molecular complexity index is 819. The Morgan fingerprint density at radius 2 is 1.81 bits per heavy atom. The number of halogens is 1. The van der Waals surface area contributed by atoms with Crippen molar-refractivity contribution in [3.63, 3.8) is 0 Å². The van der Waals surface area contributed by atoms with E-state index in [-0.39, 0.29) is 23.7 Å². The van der Waals surface area contributed by atoms with E-state index in [1.807, 2.05) is 44.2 Å². The molecule has 1 aliphatic rings. The van der Waals surface area contributed by atoms with Gasteiger partial charge in [-0.2, -0.15) is 0 Å². The summed E-state index contributed by atoms with van der Waals surface area (Å²) < 4.78 is 0. The summed E-state index contributed by atoms with van der Waals surface area (Å²) in [4.78, 5) is 25.0. The second-order valence-electron chi connectivity index (χ2n) is 7.11. The van der Waals surface area contributed by atoms with E-state index < -0.39 is 0 Å². The molecule has 3 rings (SSSR count). The van der Waals surface area contributed by atoms with Crippen LogP contribution in [0.5, 0.6) is 0 Å². The quantitative estimate of drug-likeness (QED) is 0.788. The van der Waals surface area contributed by atoms with Crippen LogP contribution in [0, 0.1) is 11.8 Å². The van der Waals surface area contributed by atoms with Crippen LogP contribution in [0.25, 0.3) is 0 Å². The third kappa shape index (κ3) is 4.25. The molecule has 2 aromatic rings. The fourth-order valence-corrected chi connectivity index (χ4v) is 3.29. The van der Waals surface area contributed by atoms with E-state index in [1.54, 1.807) is 18.2 Å². The molecular formula is C21H23ClN2O2. The number of benzene rings is 2. The molecule has 0 radical (unpaired) electrons. The Hall–Kier alpha value is -2.33. The summed E-state index contributed by atoms with van der Waals surface area (Å²) in [6.07, 6.45) is 0.775. The zero-order chi connectivity index (χ0) is 18.7. The van der Waals surface area contributed by atoms with Crippen molar-refractivity contribution in [1.29, 1.82) is 0 Å². The molecule has 1 fully saturated rings. The molecule has 4 nitrogen and oxygen atoms in total. The summed E-state index contributed by atoms with van der Waals surface area (Å²) in [5.74, 6) is 0.155. The van der Waals surface area contributed by atoms with Crippen LogP contribution in [0.2, 0.25) is 5.02 Å². The lowest BCUT2D eigenvalue weighted by Gasteiger charge is -2.12. The first-order valence-corrected chi connectivity index (χ1v) is 9.27. The summed E-state index contributed by atoms with van der Waals surface area (Å²) >= 11 is 6.23. The fraction of sp³-hybridized carbons (Fsp3) is 0.333. The molecule has 5 heteroatoms. The van der Waals surface area contributed by atoms with Gasteiger partial charge in [0.15, 0.2) is 0 Å². The number of carbonyl (C=O) groups is 2. The zero-order valence-electron chi connectivity index (χ0n) is 15.0. The van der Waals surface area contributed by atoms with Crippen molar-refractivity contribution < 1.29 is 9.59 Å². The van der Waals surface area contributed by atoms with Crippen LogP contribution in [0.1, 0.15) is 42.1 Å². The fourth-order valence-electron chi connectivity index (χ4n) is 3.01. The largest absolute Gasteiger partial charge is 0.352 e. The molecule has 26 heavy (non-hydrogen) atoms. The molecule has 0 heterocycles. The highest BCUT2D eigenvalue weighted by atomic mass is 35.5. The third-order valence-electron chi connectivity index (χ3n) is 4.53. The van der Waals surface area contributed by atoms with Crippen molar-refractivity contribution >= 4 is 29.1 Å². The van der Waals surface area contributed by atoms with Gasteiger partial charge in [0.2, 0.25) is 5.91 Å². The second-order valence-corrected chi connectivity index (χ2v) is 7.52. The van der Waals surface area contributed by atoms with E-state index in [9.17, 15) is 9.59 Å². The minimum atomic E-state index is -0.173. The molecule has 2 amide bonds. The van der Waals surface area contributed by atoms with Crippen LogP contribution in [0.15, 0.2) is 48.5 Å². The average Bonchev–Trinajstić information content (AvgIpc) is 3.41. The third-order valence-corrected chi connectivity index (χ3v) is 4.88. The highest BCUT2D eigenvalue weighted by molar-refractivity contribution is 6.31. The summed E-state index contributed by atoms with van der Waals surface area (Å²) in [6, 6.07) is 14.7. The van der Waals surface area contributed by atoms with Gasteiger partial charge < -0.3 is 10.6 Å². The van der Waals surface area contributed by atoms with Crippen molar-refractivity contribution in [3.05, 3.63) is 64.7 Å². The molecule has 1 aliphatic carbocycles. The van der Waals surface area contributed by atoms with Gasteiger partial charge in [-0.05, 0) is 42.0 Å². The Kier molecular flexibility index (Phi) is 5.62. The van der Waals surface area contributed by atoms with Gasteiger partial charge in [-0.15, -0.1) is 0 Å². The smallest absolute Gasteiger partial charge is 0.253 e. The van der Waals surface area contributed by atoms with Crippen molar-refractivity contribution in [2.24, 2.45) is 11.8 Å². The average molecular weight is 371 g/mol. The molecular weight excluding hydrogens is 348 g/mol. The second kappa shape index (κ2) is 7.92. The summed E-state index contributed by atoms with van der Waals surface area (Å²) in [6.45, 7) is 4.67. The topological polar surface area (TPSA) is 58.2 Å². The van der Waals surface area contributed by atoms with E-state index in [4.69, 9.17) is 11.6 Å². The van der Waals surface area contributed by atoms with E-state index in [0.29, 0.717) is 28.7 Å². The van der Waals surface area contributed by atoms with Crippen LogP contribution in [-0.2, 0) is 4.79 Å². The molecule has 2 aromatic carbocycles. The molecule has 0 aromatic heterocycles. The van der Waals surface area contributed by atoms with Crippen molar-refractivity contribution in [3.8, 4) is 0 Å². The van der Waals surface area contributed by atoms with Crippen LogP contribution in [-0.4, -0.2) is 18.4 Å². The lowest BCUT2D eigenvalue weighted by Crippen LogP contribution is -2.28. The Balaban J connectivity index is 1.67. The van der Waals surface area contributed by atoms with Crippen LogP contribution >= 0.6 is 11.6 Å². The molecule has 0 saturated heterocycles. The van der Waals surface area contributed by atoms with E-state index in [0.717, 1.165) is 12.0 Å². The maximum atomic E-state index is 12.6. The highest BCUT2D eigenvalue weighted by Gasteiger charge is 2.44. The lowest BCUT2D eigenvalue weighted by molar-refractivity contribution is -0.117. The summed E-state index contributed by atoms with van der Waals surface area (Å²) in [5.41, 5.74) is 2.04. The van der Waals surface area contributed by atoms with Gasteiger partial charge in [0.05, 0.1) is 11.3 Å². The number of nitrogens with one attached hydrogen (secondary N) is 2. The molecule has 2 N–H and O–H groups in total. The number of anilines is 1. The van der Waals surface area contributed by atoms with E-state index in [1.165, 1.54) is 0 Å². The first-order valence-electron chi connectivity index (χ1n) is 8.90.